The number of imide groups is 1. The zero-order valence-electron chi connectivity index (χ0n) is 11.2. The van der Waals surface area contributed by atoms with Gasteiger partial charge in [-0.3, -0.25) is 10.1 Å². The van der Waals surface area contributed by atoms with Gasteiger partial charge in [-0.15, -0.1) is 0 Å². The number of hydrogen-bond acceptors (Lipinski definition) is 3. The van der Waals surface area contributed by atoms with Crippen LogP contribution in [0.5, 0.6) is 5.75 Å². The summed E-state index contributed by atoms with van der Waals surface area (Å²) in [4.78, 5) is 23.9. The van der Waals surface area contributed by atoms with Crippen molar-refractivity contribution >= 4 is 27.9 Å². The molecular formula is C14H15BrN2O3. The summed E-state index contributed by atoms with van der Waals surface area (Å²) in [5.41, 5.74) is -0.323. The Hall–Kier alpha value is -1.56. The Morgan fingerprint density at radius 1 is 1.40 bits per heavy atom. The maximum atomic E-state index is 12.3. The molecule has 6 heteroatoms. The van der Waals surface area contributed by atoms with Gasteiger partial charge in [0.25, 0.3) is 5.91 Å². The molecular weight excluding hydrogens is 324 g/mol. The summed E-state index contributed by atoms with van der Waals surface area (Å²) < 4.78 is 6.81. The number of carbonyl (C=O) groups excluding carboxylic acids is 2. The number of benzene rings is 1. The molecule has 5 nitrogen and oxygen atoms in total. The van der Waals surface area contributed by atoms with Crippen LogP contribution in [0.3, 0.4) is 0 Å². The molecule has 0 aromatic heterocycles. The Morgan fingerprint density at radius 3 is 2.75 bits per heavy atom. The Morgan fingerprint density at radius 2 is 2.15 bits per heavy atom. The van der Waals surface area contributed by atoms with Crippen molar-refractivity contribution in [1.29, 1.82) is 0 Å². The van der Waals surface area contributed by atoms with Crippen LogP contribution in [0.15, 0.2) is 22.7 Å². The van der Waals surface area contributed by atoms with Gasteiger partial charge >= 0.3 is 6.03 Å². The maximum absolute atomic E-state index is 12.3. The lowest BCUT2D eigenvalue weighted by Crippen LogP contribution is -2.51. The number of carbonyl (C=O) groups is 2. The number of hydrogen-bond donors (Lipinski definition) is 2. The van der Waals surface area contributed by atoms with Crippen LogP contribution in [0, 0.1) is 5.92 Å². The predicted octanol–water partition coefficient (Wildman–Crippen LogP) is 2.29. The maximum Gasteiger partial charge on any atom is 0.322 e. The first kappa shape index (κ1) is 13.4. The quantitative estimate of drug-likeness (QED) is 0.772. The van der Waals surface area contributed by atoms with E-state index < -0.39 is 11.6 Å². The highest BCUT2D eigenvalue weighted by atomic mass is 79.9. The van der Waals surface area contributed by atoms with E-state index in [4.69, 9.17) is 4.74 Å². The molecule has 0 saturated carbocycles. The molecule has 106 valence electrons. The normalized spacial score (nSPS) is 28.1. The largest absolute Gasteiger partial charge is 0.490 e. The fourth-order valence-corrected chi connectivity index (χ4v) is 3.11. The number of fused-ring (bicyclic) bond motifs is 2. The van der Waals surface area contributed by atoms with E-state index in [-0.39, 0.29) is 17.9 Å². The van der Waals surface area contributed by atoms with Crippen LogP contribution in [0.2, 0.25) is 0 Å². The average molecular weight is 339 g/mol. The van der Waals surface area contributed by atoms with Crippen LogP contribution in [0.1, 0.15) is 25.8 Å². The average Bonchev–Trinajstić information content (AvgIpc) is 2.65. The summed E-state index contributed by atoms with van der Waals surface area (Å²) in [6, 6.07) is 5.07. The van der Waals surface area contributed by atoms with E-state index in [1.54, 1.807) is 0 Å². The lowest BCUT2D eigenvalue weighted by molar-refractivity contribution is -0.126. The van der Waals surface area contributed by atoms with Gasteiger partial charge in [-0.05, 0) is 24.1 Å². The summed E-state index contributed by atoms with van der Waals surface area (Å²) >= 11 is 3.40. The minimum Gasteiger partial charge on any atom is -0.490 e. The number of nitrogens with one attached hydrogen (secondary N) is 2. The van der Waals surface area contributed by atoms with Crippen molar-refractivity contribution in [3.8, 4) is 5.75 Å². The first-order chi connectivity index (χ1) is 9.42. The number of rotatable bonds is 1. The predicted molar refractivity (Wildman–Crippen MR) is 76.4 cm³/mol. The summed E-state index contributed by atoms with van der Waals surface area (Å²) in [6.45, 7) is 4.08. The fourth-order valence-electron chi connectivity index (χ4n) is 2.75. The van der Waals surface area contributed by atoms with Crippen LogP contribution in [-0.4, -0.2) is 18.0 Å². The lowest BCUT2D eigenvalue weighted by atomic mass is 9.79. The second kappa shape index (κ2) is 4.48. The monoisotopic (exact) mass is 338 g/mol. The smallest absolute Gasteiger partial charge is 0.322 e. The first-order valence-electron chi connectivity index (χ1n) is 6.52. The minimum absolute atomic E-state index is 0.118. The highest BCUT2D eigenvalue weighted by molar-refractivity contribution is 9.10. The number of halogens is 1. The topological polar surface area (TPSA) is 67.4 Å². The van der Waals surface area contributed by atoms with Crippen LogP contribution in [0.25, 0.3) is 0 Å². The molecule has 1 aromatic carbocycles. The van der Waals surface area contributed by atoms with Gasteiger partial charge in [0.05, 0.1) is 0 Å². The van der Waals surface area contributed by atoms with Crippen LogP contribution >= 0.6 is 15.9 Å². The highest BCUT2D eigenvalue weighted by Crippen LogP contribution is 2.43. The standard InChI is InChI=1S/C14H15BrN2O3/c1-7(2)11-6-14(12(18)16-13(19)17-14)9-5-8(15)3-4-10(9)20-11/h3-5,7,11H,6H2,1-2H3,(H2,16,17,18,19). The van der Waals surface area contributed by atoms with Crippen molar-refractivity contribution < 1.29 is 14.3 Å². The van der Waals surface area contributed by atoms with Gasteiger partial charge in [0.1, 0.15) is 11.9 Å². The van der Waals surface area contributed by atoms with Crippen LogP contribution in [-0.2, 0) is 10.3 Å². The van der Waals surface area contributed by atoms with Crippen LogP contribution < -0.4 is 15.4 Å². The third-order valence-corrected chi connectivity index (χ3v) is 4.37. The zero-order valence-corrected chi connectivity index (χ0v) is 12.8. The van der Waals surface area contributed by atoms with E-state index in [1.807, 2.05) is 32.0 Å². The zero-order chi connectivity index (χ0) is 14.5. The van der Waals surface area contributed by atoms with Crippen molar-refractivity contribution in [2.24, 2.45) is 5.92 Å². The SMILES string of the molecule is CC(C)C1CC2(NC(=O)NC2=O)c2cc(Br)ccc2O1. The number of urea groups is 1. The molecule has 2 atom stereocenters. The van der Waals surface area contributed by atoms with Gasteiger partial charge in [0.15, 0.2) is 5.54 Å². The van der Waals surface area contributed by atoms with Gasteiger partial charge in [-0.2, -0.15) is 0 Å². The third kappa shape index (κ3) is 1.90. The second-order valence-electron chi connectivity index (χ2n) is 5.56. The van der Waals surface area contributed by atoms with Crippen LogP contribution in [0.4, 0.5) is 4.79 Å². The molecule has 1 spiro atoms. The molecule has 2 unspecified atom stereocenters. The summed E-state index contributed by atoms with van der Waals surface area (Å²) in [7, 11) is 0. The van der Waals surface area contributed by atoms with Crippen molar-refractivity contribution in [3.05, 3.63) is 28.2 Å². The van der Waals surface area contributed by atoms with Gasteiger partial charge in [0.2, 0.25) is 0 Å². The Labute approximate surface area is 125 Å². The van der Waals surface area contributed by atoms with Gasteiger partial charge in [-0.25, -0.2) is 4.79 Å². The van der Waals surface area contributed by atoms with Crippen molar-refractivity contribution in [2.75, 3.05) is 0 Å². The molecule has 2 heterocycles. The number of ether oxygens (including phenoxy) is 1. The molecule has 0 aliphatic carbocycles. The molecule has 3 amide bonds. The lowest BCUT2D eigenvalue weighted by Gasteiger charge is -2.39. The van der Waals surface area contributed by atoms with Crippen molar-refractivity contribution in [3.63, 3.8) is 0 Å². The molecule has 1 saturated heterocycles. The van der Waals surface area contributed by atoms with Gasteiger partial charge in [0, 0.05) is 16.5 Å². The Balaban J connectivity index is 2.16. The molecule has 0 bridgehead atoms. The molecule has 2 N–H and O–H groups in total. The van der Waals surface area contributed by atoms with E-state index >= 15 is 0 Å². The summed E-state index contributed by atoms with van der Waals surface area (Å²) in [5.74, 6) is 0.584. The molecule has 2 aliphatic rings. The molecule has 3 rings (SSSR count). The van der Waals surface area contributed by atoms with E-state index in [2.05, 4.69) is 26.6 Å². The van der Waals surface area contributed by atoms with E-state index in [0.717, 1.165) is 4.47 Å². The van der Waals surface area contributed by atoms with Gasteiger partial charge in [-0.1, -0.05) is 29.8 Å². The molecule has 1 aromatic rings. The Kier molecular flexibility index (Phi) is 3.01. The van der Waals surface area contributed by atoms with E-state index in [0.29, 0.717) is 17.7 Å². The Bertz CT molecular complexity index is 602. The summed E-state index contributed by atoms with van der Waals surface area (Å²) in [5, 5.41) is 5.12. The van der Waals surface area contributed by atoms with Crippen molar-refractivity contribution in [2.45, 2.75) is 31.9 Å². The van der Waals surface area contributed by atoms with E-state index in [1.165, 1.54) is 0 Å². The number of amides is 3. The summed E-state index contributed by atoms with van der Waals surface area (Å²) in [6.07, 6.45) is 0.318. The highest BCUT2D eigenvalue weighted by Gasteiger charge is 2.53. The second-order valence-corrected chi connectivity index (χ2v) is 6.47. The molecule has 1 fully saturated rings. The van der Waals surface area contributed by atoms with E-state index in [9.17, 15) is 9.59 Å². The third-order valence-electron chi connectivity index (χ3n) is 3.87. The molecule has 0 radical (unpaired) electrons. The van der Waals surface area contributed by atoms with Crippen molar-refractivity contribution in [1.82, 2.24) is 10.6 Å². The fraction of sp³-hybridized carbons (Fsp3) is 0.429. The molecule has 2 aliphatic heterocycles. The molecule has 20 heavy (non-hydrogen) atoms. The minimum atomic E-state index is -1.02. The van der Waals surface area contributed by atoms with Gasteiger partial charge < -0.3 is 10.1 Å². The first-order valence-corrected chi connectivity index (χ1v) is 7.32.